The molecular weight excluding hydrogens is 513 g/mol. The molecule has 2 rings (SSSR count). The number of hydrogen-bond donors (Lipinski definition) is 1. The molecule has 0 aromatic heterocycles. The fourth-order valence-corrected chi connectivity index (χ4v) is 4.40. The number of benzene rings is 2. The maximum absolute atomic E-state index is 13.5. The van der Waals surface area contributed by atoms with Gasteiger partial charge in [-0.25, -0.2) is 8.42 Å². The normalized spacial score (nSPS) is 13.0. The molecule has 0 saturated heterocycles. The van der Waals surface area contributed by atoms with Crippen molar-refractivity contribution in [1.82, 2.24) is 10.2 Å². The maximum atomic E-state index is 13.5. The van der Waals surface area contributed by atoms with Crippen molar-refractivity contribution in [3.63, 3.8) is 0 Å². The van der Waals surface area contributed by atoms with Crippen LogP contribution in [0.25, 0.3) is 0 Å². The largest absolute Gasteiger partial charge is 0.497 e. The Morgan fingerprint density at radius 2 is 1.77 bits per heavy atom. The summed E-state index contributed by atoms with van der Waals surface area (Å²) in [5.41, 5.74) is 0.912. The molecule has 11 heteroatoms. The maximum Gasteiger partial charge on any atom is 0.244 e. The molecule has 35 heavy (non-hydrogen) atoms. The summed E-state index contributed by atoms with van der Waals surface area (Å²) in [6, 6.07) is 10.5. The van der Waals surface area contributed by atoms with E-state index in [2.05, 4.69) is 5.32 Å². The third-order valence-electron chi connectivity index (χ3n) is 5.53. The van der Waals surface area contributed by atoms with Crippen LogP contribution in [0.1, 0.15) is 32.8 Å². The van der Waals surface area contributed by atoms with Crippen LogP contribution in [0.2, 0.25) is 10.0 Å². The molecule has 0 aliphatic carbocycles. The summed E-state index contributed by atoms with van der Waals surface area (Å²) in [4.78, 5) is 27.8. The van der Waals surface area contributed by atoms with Gasteiger partial charge in [0.1, 0.15) is 18.3 Å². The minimum atomic E-state index is -3.87. The lowest BCUT2D eigenvalue weighted by molar-refractivity contribution is -0.139. The van der Waals surface area contributed by atoms with Crippen molar-refractivity contribution in [2.24, 2.45) is 0 Å². The second-order valence-corrected chi connectivity index (χ2v) is 11.0. The van der Waals surface area contributed by atoms with E-state index in [-0.39, 0.29) is 34.2 Å². The first-order valence-electron chi connectivity index (χ1n) is 11.0. The fraction of sp³-hybridized carbons (Fsp3) is 0.417. The number of hydrogen-bond acceptors (Lipinski definition) is 5. The molecule has 0 bridgehead atoms. The van der Waals surface area contributed by atoms with Gasteiger partial charge in [-0.15, -0.1) is 0 Å². The Balaban J connectivity index is 2.42. The van der Waals surface area contributed by atoms with Gasteiger partial charge in [0, 0.05) is 12.6 Å². The Hall–Kier alpha value is -2.49. The predicted molar refractivity (Wildman–Crippen MR) is 140 cm³/mol. The Bertz CT molecular complexity index is 1160. The van der Waals surface area contributed by atoms with Gasteiger partial charge >= 0.3 is 0 Å². The summed E-state index contributed by atoms with van der Waals surface area (Å²) >= 11 is 12.1. The lowest BCUT2D eigenvalue weighted by atomic mass is 10.1. The van der Waals surface area contributed by atoms with Crippen LogP contribution in [-0.2, 0) is 26.2 Å². The third-order valence-corrected chi connectivity index (χ3v) is 7.41. The van der Waals surface area contributed by atoms with Crippen LogP contribution < -0.4 is 14.4 Å². The second-order valence-electron chi connectivity index (χ2n) is 8.24. The van der Waals surface area contributed by atoms with E-state index in [4.69, 9.17) is 27.9 Å². The predicted octanol–water partition coefficient (Wildman–Crippen LogP) is 4.10. The van der Waals surface area contributed by atoms with Crippen LogP contribution in [0, 0.1) is 0 Å². The zero-order valence-corrected chi connectivity index (χ0v) is 22.7. The summed E-state index contributed by atoms with van der Waals surface area (Å²) in [5.74, 6) is -0.299. The minimum Gasteiger partial charge on any atom is -0.497 e. The van der Waals surface area contributed by atoms with E-state index in [1.807, 2.05) is 13.8 Å². The lowest BCUT2D eigenvalue weighted by Crippen LogP contribution is -2.52. The molecule has 1 N–H and O–H groups in total. The first-order chi connectivity index (χ1) is 16.4. The second kappa shape index (κ2) is 12.5. The number of ether oxygens (including phenoxy) is 1. The molecule has 0 radical (unpaired) electrons. The number of carbonyl (C=O) groups is 2. The van der Waals surface area contributed by atoms with E-state index < -0.39 is 28.5 Å². The van der Waals surface area contributed by atoms with Crippen molar-refractivity contribution in [3.8, 4) is 5.75 Å². The average Bonchev–Trinajstić information content (AvgIpc) is 2.81. The standard InChI is InChI=1S/C24H31Cl2N3O5S/c1-6-16(2)27-24(31)17(3)28(14-18-8-7-9-20(12-18)34-4)23(30)15-29(35(5,32)33)19-10-11-21(25)22(26)13-19/h7-13,16-17H,6,14-15H2,1-5H3,(H,27,31)/t16-,17+/m1/s1. The monoisotopic (exact) mass is 543 g/mol. The number of carbonyl (C=O) groups excluding carboxylic acids is 2. The first kappa shape index (κ1) is 28.7. The quantitative estimate of drug-likeness (QED) is 0.460. The van der Waals surface area contributed by atoms with E-state index in [9.17, 15) is 18.0 Å². The van der Waals surface area contributed by atoms with Crippen LogP contribution in [0.3, 0.4) is 0 Å². The number of methoxy groups -OCH3 is 1. The van der Waals surface area contributed by atoms with E-state index in [1.165, 1.54) is 30.2 Å². The van der Waals surface area contributed by atoms with Gasteiger partial charge in [-0.3, -0.25) is 13.9 Å². The van der Waals surface area contributed by atoms with E-state index in [1.54, 1.807) is 31.2 Å². The Morgan fingerprint density at radius 3 is 2.34 bits per heavy atom. The molecule has 0 spiro atoms. The molecule has 8 nitrogen and oxygen atoms in total. The molecule has 192 valence electrons. The Morgan fingerprint density at radius 1 is 1.09 bits per heavy atom. The highest BCUT2D eigenvalue weighted by Crippen LogP contribution is 2.28. The zero-order valence-electron chi connectivity index (χ0n) is 20.4. The van der Waals surface area contributed by atoms with Crippen molar-refractivity contribution >= 4 is 50.7 Å². The van der Waals surface area contributed by atoms with Crippen molar-refractivity contribution in [3.05, 3.63) is 58.1 Å². The van der Waals surface area contributed by atoms with Gasteiger partial charge in [-0.2, -0.15) is 0 Å². The highest BCUT2D eigenvalue weighted by atomic mass is 35.5. The van der Waals surface area contributed by atoms with E-state index in [0.29, 0.717) is 5.75 Å². The zero-order chi connectivity index (χ0) is 26.3. The molecule has 0 aliphatic heterocycles. The van der Waals surface area contributed by atoms with Gasteiger partial charge in [0.25, 0.3) is 0 Å². The van der Waals surface area contributed by atoms with Crippen molar-refractivity contribution in [1.29, 1.82) is 0 Å². The van der Waals surface area contributed by atoms with Crippen LogP contribution in [0.5, 0.6) is 5.75 Å². The number of nitrogens with one attached hydrogen (secondary N) is 1. The summed E-state index contributed by atoms with van der Waals surface area (Å²) < 4.78 is 31.4. The first-order valence-corrected chi connectivity index (χ1v) is 13.6. The minimum absolute atomic E-state index is 0.0735. The molecule has 0 unspecified atom stereocenters. The Labute approximate surface area is 217 Å². The average molecular weight is 545 g/mol. The van der Waals surface area contributed by atoms with E-state index in [0.717, 1.165) is 22.5 Å². The van der Waals surface area contributed by atoms with Crippen LogP contribution in [0.4, 0.5) is 5.69 Å². The molecule has 2 amide bonds. The smallest absolute Gasteiger partial charge is 0.244 e. The molecule has 2 atom stereocenters. The number of nitrogens with zero attached hydrogens (tertiary/aromatic N) is 2. The lowest BCUT2D eigenvalue weighted by Gasteiger charge is -2.32. The van der Waals surface area contributed by atoms with Crippen LogP contribution >= 0.6 is 23.2 Å². The summed E-state index contributed by atoms with van der Waals surface area (Å²) in [7, 11) is -2.33. The molecule has 2 aromatic carbocycles. The molecular formula is C24H31Cl2N3O5S. The Kier molecular flexibility index (Phi) is 10.2. The van der Waals surface area contributed by atoms with Gasteiger partial charge in [0.15, 0.2) is 0 Å². The van der Waals surface area contributed by atoms with Crippen molar-refractivity contribution < 1.29 is 22.7 Å². The molecule has 0 aliphatic rings. The summed E-state index contributed by atoms with van der Waals surface area (Å²) in [6.45, 7) is 4.97. The van der Waals surface area contributed by atoms with Gasteiger partial charge in [-0.1, -0.05) is 42.3 Å². The van der Waals surface area contributed by atoms with Gasteiger partial charge in [0.2, 0.25) is 21.8 Å². The molecule has 0 fully saturated rings. The number of amides is 2. The number of anilines is 1. The van der Waals surface area contributed by atoms with Crippen LogP contribution in [-0.4, -0.2) is 57.1 Å². The fourth-order valence-electron chi connectivity index (χ4n) is 3.27. The van der Waals surface area contributed by atoms with Crippen molar-refractivity contribution in [2.75, 3.05) is 24.2 Å². The molecule has 0 heterocycles. The number of sulfonamides is 1. The molecule has 2 aromatic rings. The summed E-state index contributed by atoms with van der Waals surface area (Å²) in [6.07, 6.45) is 1.72. The summed E-state index contributed by atoms with van der Waals surface area (Å²) in [5, 5.41) is 3.29. The third kappa shape index (κ3) is 8.02. The number of halogens is 2. The van der Waals surface area contributed by atoms with Crippen LogP contribution in [0.15, 0.2) is 42.5 Å². The topological polar surface area (TPSA) is 96.0 Å². The highest BCUT2D eigenvalue weighted by Gasteiger charge is 2.30. The highest BCUT2D eigenvalue weighted by molar-refractivity contribution is 7.92. The van der Waals surface area contributed by atoms with Gasteiger partial charge in [0.05, 0.1) is 29.1 Å². The van der Waals surface area contributed by atoms with Gasteiger partial charge in [-0.05, 0) is 56.2 Å². The van der Waals surface area contributed by atoms with Gasteiger partial charge < -0.3 is 15.0 Å². The SMILES string of the molecule is CC[C@@H](C)NC(=O)[C@H](C)N(Cc1cccc(OC)c1)C(=O)CN(c1ccc(Cl)c(Cl)c1)S(C)(=O)=O. The molecule has 0 saturated carbocycles. The number of rotatable bonds is 11. The van der Waals surface area contributed by atoms with Crippen molar-refractivity contribution in [2.45, 2.75) is 45.8 Å². The van der Waals surface area contributed by atoms with E-state index >= 15 is 0 Å².